The number of hydrogen-bond donors (Lipinski definition) is 0. The van der Waals surface area contributed by atoms with Crippen molar-refractivity contribution < 1.29 is 4.74 Å². The van der Waals surface area contributed by atoms with Gasteiger partial charge in [-0.25, -0.2) is 9.98 Å². The lowest BCUT2D eigenvalue weighted by molar-refractivity contribution is 0.414. The normalized spacial score (nSPS) is 13.0. The van der Waals surface area contributed by atoms with Crippen molar-refractivity contribution >= 4 is 17.2 Å². The van der Waals surface area contributed by atoms with Gasteiger partial charge in [-0.1, -0.05) is 19.4 Å². The van der Waals surface area contributed by atoms with Crippen molar-refractivity contribution in [1.82, 2.24) is 0 Å². The van der Waals surface area contributed by atoms with Crippen molar-refractivity contribution in [2.45, 2.75) is 47.0 Å². The maximum absolute atomic E-state index is 5.23. The number of benzene rings is 1. The fraction of sp³-hybridized carbons (Fsp3) is 0.444. The first-order chi connectivity index (χ1) is 10.1. The van der Waals surface area contributed by atoms with Crippen LogP contribution in [0.25, 0.3) is 0 Å². The molecule has 1 aromatic rings. The minimum atomic E-state index is 0.857. The molecule has 0 atom stereocenters. The number of allylic oxidation sites excluding steroid dienone is 2. The number of unbranched alkanes of at least 4 members (excludes halogenated alkanes) is 1. The van der Waals surface area contributed by atoms with Crippen LogP contribution in [-0.4, -0.2) is 18.7 Å². The number of methoxy groups -OCH3 is 1. The van der Waals surface area contributed by atoms with Gasteiger partial charge in [-0.15, -0.1) is 0 Å². The van der Waals surface area contributed by atoms with Crippen molar-refractivity contribution in [3.63, 3.8) is 0 Å². The average Bonchev–Trinajstić information content (AvgIpc) is 2.46. The molecule has 0 aliphatic heterocycles. The smallest absolute Gasteiger partial charge is 0.129 e. The second-order valence-electron chi connectivity index (χ2n) is 5.04. The molecule has 0 N–H and O–H groups in total. The van der Waals surface area contributed by atoms with Gasteiger partial charge in [-0.3, -0.25) is 0 Å². The fourth-order valence-corrected chi connectivity index (χ4v) is 1.97. The van der Waals surface area contributed by atoms with Gasteiger partial charge in [-0.05, 0) is 57.0 Å². The molecule has 0 aliphatic rings. The Labute approximate surface area is 128 Å². The molecule has 0 heterocycles. The van der Waals surface area contributed by atoms with Crippen LogP contribution in [-0.2, 0) is 0 Å². The van der Waals surface area contributed by atoms with Gasteiger partial charge >= 0.3 is 0 Å². The van der Waals surface area contributed by atoms with Crippen LogP contribution in [0.5, 0.6) is 5.75 Å². The summed E-state index contributed by atoms with van der Waals surface area (Å²) in [5.74, 6) is 1.75. The fourth-order valence-electron chi connectivity index (χ4n) is 1.97. The number of nitrogens with zero attached hydrogens (tertiary/aromatic N) is 2. The molecule has 114 valence electrons. The number of aryl methyl sites for hydroxylation is 1. The summed E-state index contributed by atoms with van der Waals surface area (Å²) in [5, 5.41) is 0. The van der Waals surface area contributed by atoms with Gasteiger partial charge in [0.25, 0.3) is 0 Å². The van der Waals surface area contributed by atoms with Crippen LogP contribution in [0, 0.1) is 6.92 Å². The highest BCUT2D eigenvalue weighted by atomic mass is 16.5. The Bertz CT molecular complexity index is 542. The van der Waals surface area contributed by atoms with Gasteiger partial charge < -0.3 is 4.74 Å². The number of rotatable bonds is 6. The second kappa shape index (κ2) is 9.11. The molecule has 0 saturated heterocycles. The Kier molecular flexibility index (Phi) is 7.44. The van der Waals surface area contributed by atoms with Crippen molar-refractivity contribution in [2.75, 3.05) is 7.11 Å². The Hall–Kier alpha value is -1.90. The van der Waals surface area contributed by atoms with E-state index in [9.17, 15) is 0 Å². The Morgan fingerprint density at radius 1 is 1.33 bits per heavy atom. The Morgan fingerprint density at radius 2 is 2.10 bits per heavy atom. The van der Waals surface area contributed by atoms with Crippen LogP contribution < -0.4 is 4.74 Å². The van der Waals surface area contributed by atoms with Crippen LogP contribution >= 0.6 is 0 Å². The lowest BCUT2D eigenvalue weighted by atomic mass is 10.2. The van der Waals surface area contributed by atoms with Crippen LogP contribution in [0.1, 0.15) is 45.6 Å². The molecule has 0 fully saturated rings. The summed E-state index contributed by atoms with van der Waals surface area (Å²) >= 11 is 0. The highest BCUT2D eigenvalue weighted by Gasteiger charge is 2.03. The first-order valence-corrected chi connectivity index (χ1v) is 7.50. The van der Waals surface area contributed by atoms with Gasteiger partial charge in [0.05, 0.1) is 12.8 Å². The van der Waals surface area contributed by atoms with Gasteiger partial charge in [0.2, 0.25) is 0 Å². The Morgan fingerprint density at radius 3 is 2.67 bits per heavy atom. The van der Waals surface area contributed by atoms with E-state index >= 15 is 0 Å². The largest absolute Gasteiger partial charge is 0.497 e. The van der Waals surface area contributed by atoms with Gasteiger partial charge in [-0.2, -0.15) is 0 Å². The van der Waals surface area contributed by atoms with Gasteiger partial charge in [0, 0.05) is 12.1 Å². The van der Waals surface area contributed by atoms with Gasteiger partial charge in [0.15, 0.2) is 0 Å². The molecule has 0 spiro atoms. The predicted molar refractivity (Wildman–Crippen MR) is 92.3 cm³/mol. The molecule has 21 heavy (non-hydrogen) atoms. The molecule has 0 radical (unpaired) electrons. The van der Waals surface area contributed by atoms with E-state index in [0.717, 1.165) is 47.8 Å². The molecular weight excluding hydrogens is 260 g/mol. The third-order valence-electron chi connectivity index (χ3n) is 3.12. The molecule has 1 aromatic carbocycles. The lowest BCUT2D eigenvalue weighted by Gasteiger charge is -2.06. The minimum absolute atomic E-state index is 0.857. The molecule has 3 nitrogen and oxygen atoms in total. The van der Waals surface area contributed by atoms with E-state index in [2.05, 4.69) is 11.9 Å². The summed E-state index contributed by atoms with van der Waals surface area (Å²) in [4.78, 5) is 9.36. The summed E-state index contributed by atoms with van der Waals surface area (Å²) in [7, 11) is 1.68. The highest BCUT2D eigenvalue weighted by Crippen LogP contribution is 2.24. The first kappa shape index (κ1) is 17.2. The molecule has 0 aromatic heterocycles. The molecule has 0 bridgehead atoms. The summed E-state index contributed by atoms with van der Waals surface area (Å²) in [5.41, 5.74) is 3.04. The van der Waals surface area contributed by atoms with Crippen LogP contribution in [0.15, 0.2) is 40.3 Å². The topological polar surface area (TPSA) is 34.0 Å². The zero-order valence-corrected chi connectivity index (χ0v) is 13.8. The standard InChI is InChI=1S/C18H26N2O/c1-6-8-10-18(19-15(4)9-7-2)20-17-12-11-16(21-5)13-14(17)3/h7,9,11-13H,6,8,10H2,1-5H3/b9-7-,19-15?,20-18?. The van der Waals surface area contributed by atoms with Crippen molar-refractivity contribution in [1.29, 1.82) is 0 Å². The van der Waals surface area contributed by atoms with E-state index in [-0.39, 0.29) is 0 Å². The van der Waals surface area contributed by atoms with E-state index < -0.39 is 0 Å². The zero-order valence-electron chi connectivity index (χ0n) is 13.8. The first-order valence-electron chi connectivity index (χ1n) is 7.50. The monoisotopic (exact) mass is 286 g/mol. The summed E-state index contributed by atoms with van der Waals surface area (Å²) in [6, 6.07) is 5.92. The van der Waals surface area contributed by atoms with E-state index in [4.69, 9.17) is 9.73 Å². The van der Waals surface area contributed by atoms with E-state index in [1.165, 1.54) is 0 Å². The van der Waals surface area contributed by atoms with Gasteiger partial charge in [0.1, 0.15) is 11.6 Å². The lowest BCUT2D eigenvalue weighted by Crippen LogP contribution is -1.98. The molecule has 1 rings (SSSR count). The zero-order chi connectivity index (χ0) is 15.7. The molecular formula is C18H26N2O. The number of ether oxygens (including phenoxy) is 1. The Balaban J connectivity index is 3.09. The number of aliphatic imine (C=N–C) groups is 2. The summed E-state index contributed by atoms with van der Waals surface area (Å²) in [6.07, 6.45) is 7.13. The quantitative estimate of drug-likeness (QED) is 0.518. The third-order valence-corrected chi connectivity index (χ3v) is 3.12. The van der Waals surface area contributed by atoms with Crippen LogP contribution in [0.3, 0.4) is 0 Å². The highest BCUT2D eigenvalue weighted by molar-refractivity contribution is 6.03. The number of hydrogen-bond acceptors (Lipinski definition) is 2. The summed E-state index contributed by atoms with van der Waals surface area (Å²) < 4.78 is 5.23. The minimum Gasteiger partial charge on any atom is -0.497 e. The van der Waals surface area contributed by atoms with E-state index in [1.807, 2.05) is 51.1 Å². The summed E-state index contributed by atoms with van der Waals surface area (Å²) in [6.45, 7) is 8.22. The van der Waals surface area contributed by atoms with Crippen molar-refractivity contribution in [2.24, 2.45) is 9.98 Å². The maximum Gasteiger partial charge on any atom is 0.129 e. The second-order valence-corrected chi connectivity index (χ2v) is 5.04. The molecule has 0 amide bonds. The number of amidine groups is 1. The molecule has 3 heteroatoms. The van der Waals surface area contributed by atoms with Crippen molar-refractivity contribution in [3.05, 3.63) is 35.9 Å². The third kappa shape index (κ3) is 5.94. The molecule has 0 saturated carbocycles. The average molecular weight is 286 g/mol. The van der Waals surface area contributed by atoms with Crippen LogP contribution in [0.2, 0.25) is 0 Å². The van der Waals surface area contributed by atoms with E-state index in [1.54, 1.807) is 7.11 Å². The molecule has 0 aliphatic carbocycles. The maximum atomic E-state index is 5.23. The molecule has 0 unspecified atom stereocenters. The SMILES string of the molecule is C/C=C\C(C)=NC(CCCC)=Nc1ccc(OC)cc1C. The van der Waals surface area contributed by atoms with Crippen molar-refractivity contribution in [3.8, 4) is 5.75 Å². The van der Waals surface area contributed by atoms with E-state index in [0.29, 0.717) is 0 Å². The predicted octanol–water partition coefficient (Wildman–Crippen LogP) is 5.26. The van der Waals surface area contributed by atoms with Crippen LogP contribution in [0.4, 0.5) is 5.69 Å².